The quantitative estimate of drug-likeness (QED) is 0.392. The van der Waals surface area contributed by atoms with Crippen LogP contribution in [0.2, 0.25) is 0 Å². The average molecular weight is 461 g/mol. The van der Waals surface area contributed by atoms with E-state index >= 15 is 0 Å². The third-order valence-electron chi connectivity index (χ3n) is 4.86. The summed E-state index contributed by atoms with van der Waals surface area (Å²) in [5.74, 6) is 0.758. The molecular formula is C23H23N7O4. The molecule has 11 heteroatoms. The van der Waals surface area contributed by atoms with E-state index in [1.165, 1.54) is 27.6 Å². The number of carbonyl (C=O) groups excluding carboxylic acids is 1. The summed E-state index contributed by atoms with van der Waals surface area (Å²) in [7, 11) is 0. The molecular weight excluding hydrogens is 438 g/mol. The van der Waals surface area contributed by atoms with E-state index < -0.39 is 11.5 Å². The zero-order chi connectivity index (χ0) is 23.9. The van der Waals surface area contributed by atoms with Crippen LogP contribution in [0.4, 0.5) is 0 Å². The molecule has 0 spiro atoms. The lowest BCUT2D eigenvalue weighted by molar-refractivity contribution is -0.121. The molecule has 3 aromatic heterocycles. The highest BCUT2D eigenvalue weighted by Crippen LogP contribution is 2.19. The molecule has 0 aliphatic heterocycles. The number of hydrogen-bond donors (Lipinski definition) is 1. The van der Waals surface area contributed by atoms with Gasteiger partial charge < -0.3 is 10.1 Å². The van der Waals surface area contributed by atoms with Crippen molar-refractivity contribution in [2.24, 2.45) is 0 Å². The summed E-state index contributed by atoms with van der Waals surface area (Å²) in [6, 6.07) is 15.1. The van der Waals surface area contributed by atoms with Crippen molar-refractivity contribution in [2.75, 3.05) is 13.2 Å². The van der Waals surface area contributed by atoms with Crippen molar-refractivity contribution < 1.29 is 9.53 Å². The SMILES string of the molecule is CCOc1ccc(-c2ccc(=O)n(CCNC(=O)Cn3nc(-n4cccn4)ccc3=O)n2)cc1. The number of hydrogen-bond acceptors (Lipinski definition) is 7. The summed E-state index contributed by atoms with van der Waals surface area (Å²) in [6.45, 7) is 2.56. The van der Waals surface area contributed by atoms with E-state index in [0.29, 0.717) is 18.1 Å². The lowest BCUT2D eigenvalue weighted by atomic mass is 10.1. The predicted octanol–water partition coefficient (Wildman–Crippen LogP) is 0.868. The predicted molar refractivity (Wildman–Crippen MR) is 124 cm³/mol. The molecule has 1 aromatic carbocycles. The summed E-state index contributed by atoms with van der Waals surface area (Å²) in [4.78, 5) is 36.6. The van der Waals surface area contributed by atoms with E-state index in [-0.39, 0.29) is 25.2 Å². The Balaban J connectivity index is 1.37. The van der Waals surface area contributed by atoms with Crippen LogP contribution in [0.1, 0.15) is 6.92 Å². The lowest BCUT2D eigenvalue weighted by Crippen LogP contribution is -2.36. The van der Waals surface area contributed by atoms with Gasteiger partial charge in [0.25, 0.3) is 11.1 Å². The van der Waals surface area contributed by atoms with Crippen molar-refractivity contribution in [3.05, 3.63) is 87.7 Å². The van der Waals surface area contributed by atoms with Gasteiger partial charge >= 0.3 is 0 Å². The summed E-state index contributed by atoms with van der Waals surface area (Å²) < 4.78 is 9.28. The van der Waals surface area contributed by atoms with Crippen molar-refractivity contribution in [3.63, 3.8) is 0 Å². The number of rotatable bonds is 9. The van der Waals surface area contributed by atoms with Crippen LogP contribution >= 0.6 is 0 Å². The van der Waals surface area contributed by atoms with Crippen LogP contribution in [0.25, 0.3) is 17.1 Å². The second-order valence-corrected chi connectivity index (χ2v) is 7.23. The highest BCUT2D eigenvalue weighted by atomic mass is 16.5. The van der Waals surface area contributed by atoms with Crippen molar-refractivity contribution in [3.8, 4) is 22.8 Å². The summed E-state index contributed by atoms with van der Waals surface area (Å²) >= 11 is 0. The third-order valence-corrected chi connectivity index (χ3v) is 4.86. The minimum absolute atomic E-state index is 0.159. The Kier molecular flexibility index (Phi) is 6.92. The maximum atomic E-state index is 12.4. The van der Waals surface area contributed by atoms with Gasteiger partial charge in [0.05, 0.1) is 18.8 Å². The maximum Gasteiger partial charge on any atom is 0.267 e. The molecule has 0 bridgehead atoms. The minimum Gasteiger partial charge on any atom is -0.494 e. The van der Waals surface area contributed by atoms with E-state index in [1.807, 2.05) is 31.2 Å². The highest BCUT2D eigenvalue weighted by molar-refractivity contribution is 5.75. The topological polar surface area (TPSA) is 126 Å². The van der Waals surface area contributed by atoms with Gasteiger partial charge in [-0.3, -0.25) is 14.4 Å². The molecule has 11 nitrogen and oxygen atoms in total. The maximum absolute atomic E-state index is 12.4. The van der Waals surface area contributed by atoms with Crippen molar-refractivity contribution in [1.29, 1.82) is 0 Å². The molecule has 174 valence electrons. The summed E-state index contributed by atoms with van der Waals surface area (Å²) in [5, 5.41) is 15.3. The number of aromatic nitrogens is 6. The number of amides is 1. The Morgan fingerprint density at radius 3 is 2.47 bits per heavy atom. The zero-order valence-corrected chi connectivity index (χ0v) is 18.5. The summed E-state index contributed by atoms with van der Waals surface area (Å²) in [5.41, 5.74) is 0.768. The van der Waals surface area contributed by atoms with Gasteiger partial charge in [0.2, 0.25) is 5.91 Å². The first-order valence-electron chi connectivity index (χ1n) is 10.7. The van der Waals surface area contributed by atoms with Gasteiger partial charge in [0.1, 0.15) is 12.3 Å². The van der Waals surface area contributed by atoms with Crippen LogP contribution < -0.4 is 21.2 Å². The second kappa shape index (κ2) is 10.4. The van der Waals surface area contributed by atoms with Crippen LogP contribution in [0.3, 0.4) is 0 Å². The van der Waals surface area contributed by atoms with E-state index in [0.717, 1.165) is 16.0 Å². The first kappa shape index (κ1) is 22.6. The van der Waals surface area contributed by atoms with Crippen molar-refractivity contribution in [2.45, 2.75) is 20.0 Å². The summed E-state index contributed by atoms with van der Waals surface area (Å²) in [6.07, 6.45) is 3.27. The molecule has 0 saturated heterocycles. The van der Waals surface area contributed by atoms with E-state index in [1.54, 1.807) is 24.5 Å². The van der Waals surface area contributed by atoms with E-state index in [2.05, 4.69) is 20.6 Å². The van der Waals surface area contributed by atoms with Crippen LogP contribution in [0.15, 0.2) is 76.6 Å². The van der Waals surface area contributed by atoms with Gasteiger partial charge in [-0.15, -0.1) is 5.10 Å². The molecule has 1 N–H and O–H groups in total. The fourth-order valence-electron chi connectivity index (χ4n) is 3.22. The van der Waals surface area contributed by atoms with E-state index in [9.17, 15) is 14.4 Å². The molecule has 3 heterocycles. The first-order chi connectivity index (χ1) is 16.5. The molecule has 4 aromatic rings. The normalized spacial score (nSPS) is 10.7. The Bertz CT molecular complexity index is 1380. The Morgan fingerprint density at radius 1 is 0.971 bits per heavy atom. The number of carbonyl (C=O) groups is 1. The zero-order valence-electron chi connectivity index (χ0n) is 18.5. The van der Waals surface area contributed by atoms with Gasteiger partial charge in [-0.1, -0.05) is 0 Å². The molecule has 0 radical (unpaired) electrons. The van der Waals surface area contributed by atoms with Gasteiger partial charge in [0, 0.05) is 36.6 Å². The van der Waals surface area contributed by atoms with Gasteiger partial charge in [0.15, 0.2) is 5.82 Å². The molecule has 0 fully saturated rings. The largest absolute Gasteiger partial charge is 0.494 e. The number of nitrogens with one attached hydrogen (secondary N) is 1. The van der Waals surface area contributed by atoms with Crippen LogP contribution in [0, 0.1) is 0 Å². The first-order valence-corrected chi connectivity index (χ1v) is 10.7. The van der Waals surface area contributed by atoms with Crippen LogP contribution in [0.5, 0.6) is 5.75 Å². The number of benzene rings is 1. The highest BCUT2D eigenvalue weighted by Gasteiger charge is 2.09. The number of ether oxygens (including phenoxy) is 1. The molecule has 1 amide bonds. The van der Waals surface area contributed by atoms with E-state index in [4.69, 9.17) is 4.74 Å². The fraction of sp³-hybridized carbons (Fsp3) is 0.217. The van der Waals surface area contributed by atoms with Gasteiger partial charge in [-0.2, -0.15) is 10.2 Å². The lowest BCUT2D eigenvalue weighted by Gasteiger charge is -2.10. The molecule has 0 unspecified atom stereocenters. The average Bonchev–Trinajstić information content (AvgIpc) is 3.38. The molecule has 0 aliphatic rings. The van der Waals surface area contributed by atoms with Crippen LogP contribution in [-0.2, 0) is 17.9 Å². The Morgan fingerprint density at radius 2 is 1.74 bits per heavy atom. The Hall–Kier alpha value is -4.54. The van der Waals surface area contributed by atoms with Crippen molar-refractivity contribution >= 4 is 5.91 Å². The monoisotopic (exact) mass is 461 g/mol. The number of nitrogens with zero attached hydrogens (tertiary/aromatic N) is 6. The second-order valence-electron chi connectivity index (χ2n) is 7.23. The molecule has 34 heavy (non-hydrogen) atoms. The molecule has 0 atom stereocenters. The van der Waals surface area contributed by atoms with Gasteiger partial charge in [-0.05, 0) is 49.4 Å². The third kappa shape index (κ3) is 5.44. The molecule has 0 aliphatic carbocycles. The molecule has 0 saturated carbocycles. The smallest absolute Gasteiger partial charge is 0.267 e. The van der Waals surface area contributed by atoms with Gasteiger partial charge in [-0.25, -0.2) is 14.0 Å². The Labute approximate surface area is 194 Å². The standard InChI is InChI=1S/C23H23N7O4/c1-2-34-18-6-4-17(5-7-18)19-8-10-22(32)29(26-19)15-13-24-21(31)16-30-23(33)11-9-20(27-30)28-14-3-12-25-28/h3-12,14H,2,13,15-16H2,1H3,(H,24,31). The molecule has 4 rings (SSSR count). The van der Waals surface area contributed by atoms with Crippen molar-refractivity contribution in [1.82, 2.24) is 34.7 Å². The minimum atomic E-state index is -0.414. The fourth-order valence-corrected chi connectivity index (χ4v) is 3.22. The van der Waals surface area contributed by atoms with Crippen LogP contribution in [-0.4, -0.2) is 48.4 Å².